The summed E-state index contributed by atoms with van der Waals surface area (Å²) >= 11 is 19.2. The van der Waals surface area contributed by atoms with E-state index in [1.807, 2.05) is 51.1 Å². The molecule has 0 fully saturated rings. The van der Waals surface area contributed by atoms with Crippen LogP contribution in [0.3, 0.4) is 0 Å². The lowest BCUT2D eigenvalue weighted by molar-refractivity contribution is -0.140. The van der Waals surface area contributed by atoms with Gasteiger partial charge >= 0.3 is 0 Å². The van der Waals surface area contributed by atoms with Gasteiger partial charge in [0.15, 0.2) is 0 Å². The number of amides is 2. The highest BCUT2D eigenvalue weighted by atomic mass is 35.5. The second kappa shape index (κ2) is 16.5. The van der Waals surface area contributed by atoms with Crippen LogP contribution in [-0.2, 0) is 32.6 Å². The Hall–Kier alpha value is -3.56. The molecule has 47 heavy (non-hydrogen) atoms. The Balaban J connectivity index is 1.84. The lowest BCUT2D eigenvalue weighted by Gasteiger charge is -2.34. The van der Waals surface area contributed by atoms with Gasteiger partial charge in [0, 0.05) is 40.1 Å². The van der Waals surface area contributed by atoms with Crippen molar-refractivity contribution in [1.82, 2.24) is 10.2 Å². The Bertz CT molecular complexity index is 1780. The fourth-order valence-electron chi connectivity index (χ4n) is 5.06. The highest BCUT2D eigenvalue weighted by Crippen LogP contribution is 2.30. The summed E-state index contributed by atoms with van der Waals surface area (Å²) < 4.78 is 29.5. The number of unbranched alkanes of at least 4 members (excludes halogenated alkanes) is 1. The zero-order valence-electron chi connectivity index (χ0n) is 26.5. The van der Waals surface area contributed by atoms with Crippen LogP contribution < -0.4 is 9.62 Å². The second-order valence-corrected chi connectivity index (χ2v) is 14.4. The largest absolute Gasteiger partial charge is 0.354 e. The van der Waals surface area contributed by atoms with Gasteiger partial charge < -0.3 is 10.2 Å². The van der Waals surface area contributed by atoms with Gasteiger partial charge in [-0.05, 0) is 85.5 Å². The minimum Gasteiger partial charge on any atom is -0.354 e. The summed E-state index contributed by atoms with van der Waals surface area (Å²) in [6.07, 6.45) is 1.81. The van der Waals surface area contributed by atoms with Crippen molar-refractivity contribution in [2.45, 2.75) is 57.5 Å². The minimum absolute atomic E-state index is 0.0354. The van der Waals surface area contributed by atoms with E-state index in [9.17, 15) is 18.0 Å². The molecule has 11 heteroatoms. The van der Waals surface area contributed by atoms with E-state index in [1.165, 1.54) is 29.2 Å². The second-order valence-electron chi connectivity index (χ2n) is 11.3. The van der Waals surface area contributed by atoms with Crippen LogP contribution in [0.25, 0.3) is 0 Å². The zero-order chi connectivity index (χ0) is 34.1. The molecule has 248 valence electrons. The molecule has 0 aliphatic heterocycles. The summed E-state index contributed by atoms with van der Waals surface area (Å²) in [5.41, 5.74) is 3.39. The molecule has 0 aromatic heterocycles. The molecule has 7 nitrogen and oxygen atoms in total. The first kappa shape index (κ1) is 36.3. The minimum atomic E-state index is -4.27. The molecular formula is C36H38Cl3N3O4S. The van der Waals surface area contributed by atoms with Gasteiger partial charge in [0.05, 0.1) is 10.6 Å². The Morgan fingerprint density at radius 2 is 1.49 bits per heavy atom. The van der Waals surface area contributed by atoms with Crippen LogP contribution in [0.5, 0.6) is 0 Å². The number of halogens is 3. The maximum absolute atomic E-state index is 14.6. The van der Waals surface area contributed by atoms with E-state index in [-0.39, 0.29) is 23.8 Å². The smallest absolute Gasteiger partial charge is 0.264 e. The zero-order valence-corrected chi connectivity index (χ0v) is 29.6. The maximum Gasteiger partial charge on any atom is 0.264 e. The number of nitrogens with zero attached hydrogens (tertiary/aromatic N) is 2. The number of rotatable bonds is 14. The molecule has 0 aliphatic carbocycles. The van der Waals surface area contributed by atoms with E-state index in [0.717, 1.165) is 33.8 Å². The lowest BCUT2D eigenvalue weighted by atomic mass is 10.0. The number of benzene rings is 4. The van der Waals surface area contributed by atoms with Gasteiger partial charge in [-0.3, -0.25) is 13.9 Å². The van der Waals surface area contributed by atoms with Crippen molar-refractivity contribution in [3.63, 3.8) is 0 Å². The molecule has 0 saturated heterocycles. The van der Waals surface area contributed by atoms with Crippen LogP contribution in [-0.4, -0.2) is 44.3 Å². The van der Waals surface area contributed by atoms with Crippen molar-refractivity contribution in [2.24, 2.45) is 0 Å². The fraction of sp³-hybridized carbons (Fsp3) is 0.278. The quantitative estimate of drug-likeness (QED) is 0.134. The first-order valence-electron chi connectivity index (χ1n) is 15.3. The third kappa shape index (κ3) is 9.29. The highest BCUT2D eigenvalue weighted by molar-refractivity contribution is 7.92. The van der Waals surface area contributed by atoms with Crippen LogP contribution in [0.15, 0.2) is 95.9 Å². The van der Waals surface area contributed by atoms with Gasteiger partial charge in [-0.2, -0.15) is 0 Å². The number of carbonyl (C=O) groups is 2. The van der Waals surface area contributed by atoms with Crippen LogP contribution >= 0.6 is 34.8 Å². The standard InChI is InChI=1S/C36H38Cl3N3O4S/c1-4-5-20-40-36(44)34(22-27-10-7-6-8-11-27)41(23-31-32(38)12-9-13-33(31)39)35(43)24-42(29-17-14-25(2)26(3)21-29)47(45,46)30-18-15-28(37)16-19-30/h6-19,21,34H,4-5,20,22-24H2,1-3H3,(H,40,44). The molecule has 0 bridgehead atoms. The average Bonchev–Trinajstić information content (AvgIpc) is 3.04. The number of hydrogen-bond donors (Lipinski definition) is 1. The highest BCUT2D eigenvalue weighted by Gasteiger charge is 2.35. The van der Waals surface area contributed by atoms with E-state index < -0.39 is 28.5 Å². The molecule has 0 spiro atoms. The monoisotopic (exact) mass is 713 g/mol. The third-order valence-electron chi connectivity index (χ3n) is 7.95. The van der Waals surface area contributed by atoms with Gasteiger partial charge in [0.1, 0.15) is 12.6 Å². The number of carbonyl (C=O) groups excluding carboxylic acids is 2. The molecule has 4 rings (SSSR count). The summed E-state index contributed by atoms with van der Waals surface area (Å²) in [5.74, 6) is -0.972. The summed E-state index contributed by atoms with van der Waals surface area (Å²) in [6, 6.07) is 24.3. The van der Waals surface area contributed by atoms with Gasteiger partial charge in [-0.1, -0.05) is 90.6 Å². The van der Waals surface area contributed by atoms with Crippen molar-refractivity contribution in [3.05, 3.63) is 128 Å². The normalized spacial score (nSPS) is 12.0. The van der Waals surface area contributed by atoms with Crippen molar-refractivity contribution < 1.29 is 18.0 Å². The Morgan fingerprint density at radius 3 is 2.11 bits per heavy atom. The van der Waals surface area contributed by atoms with Crippen molar-refractivity contribution >= 4 is 62.3 Å². The number of sulfonamides is 1. The summed E-state index contributed by atoms with van der Waals surface area (Å²) in [6.45, 7) is 5.51. The first-order valence-corrected chi connectivity index (χ1v) is 17.9. The van der Waals surface area contributed by atoms with Crippen LogP contribution in [0.4, 0.5) is 5.69 Å². The number of anilines is 1. The van der Waals surface area contributed by atoms with Gasteiger partial charge in [-0.15, -0.1) is 0 Å². The predicted octanol–water partition coefficient (Wildman–Crippen LogP) is 8.02. The maximum atomic E-state index is 14.6. The number of nitrogens with one attached hydrogen (secondary N) is 1. The van der Waals surface area contributed by atoms with Crippen molar-refractivity contribution in [1.29, 1.82) is 0 Å². The lowest BCUT2D eigenvalue weighted by Crippen LogP contribution is -2.53. The average molecular weight is 715 g/mol. The molecule has 0 aliphatic rings. The predicted molar refractivity (Wildman–Crippen MR) is 191 cm³/mol. The van der Waals surface area contributed by atoms with Crippen LogP contribution in [0.2, 0.25) is 15.1 Å². The molecule has 4 aromatic carbocycles. The Labute approximate surface area is 292 Å². The Kier molecular flexibility index (Phi) is 12.7. The van der Waals surface area contributed by atoms with Gasteiger partial charge in [0.25, 0.3) is 10.0 Å². The summed E-state index contributed by atoms with van der Waals surface area (Å²) in [5, 5.41) is 3.98. The molecule has 0 heterocycles. The first-order chi connectivity index (χ1) is 22.4. The van der Waals surface area contributed by atoms with E-state index >= 15 is 0 Å². The van der Waals surface area contributed by atoms with Crippen molar-refractivity contribution in [3.8, 4) is 0 Å². The molecule has 2 amide bonds. The Morgan fingerprint density at radius 1 is 0.830 bits per heavy atom. The summed E-state index contributed by atoms with van der Waals surface area (Å²) in [4.78, 5) is 29.9. The number of hydrogen-bond acceptors (Lipinski definition) is 4. The van der Waals surface area contributed by atoms with E-state index in [1.54, 1.807) is 36.4 Å². The third-order valence-corrected chi connectivity index (χ3v) is 10.7. The molecular weight excluding hydrogens is 677 g/mol. The van der Waals surface area contributed by atoms with Crippen LogP contribution in [0.1, 0.15) is 42.0 Å². The molecule has 0 radical (unpaired) electrons. The van der Waals surface area contributed by atoms with Gasteiger partial charge in [0.2, 0.25) is 11.8 Å². The topological polar surface area (TPSA) is 86.8 Å². The molecule has 1 N–H and O–H groups in total. The van der Waals surface area contributed by atoms with E-state index in [4.69, 9.17) is 34.8 Å². The van der Waals surface area contributed by atoms with E-state index in [0.29, 0.717) is 32.9 Å². The van der Waals surface area contributed by atoms with Gasteiger partial charge in [-0.25, -0.2) is 8.42 Å². The fourth-order valence-corrected chi connectivity index (χ4v) is 7.11. The number of aryl methyl sites for hydroxylation is 2. The molecule has 1 atom stereocenters. The molecule has 1 unspecified atom stereocenters. The summed E-state index contributed by atoms with van der Waals surface area (Å²) in [7, 11) is -4.27. The van der Waals surface area contributed by atoms with Crippen LogP contribution in [0, 0.1) is 13.8 Å². The SMILES string of the molecule is CCCCNC(=O)C(Cc1ccccc1)N(Cc1c(Cl)cccc1Cl)C(=O)CN(c1ccc(C)c(C)c1)S(=O)(=O)c1ccc(Cl)cc1. The molecule has 0 saturated carbocycles. The van der Waals surface area contributed by atoms with Crippen molar-refractivity contribution in [2.75, 3.05) is 17.4 Å². The van der Waals surface area contributed by atoms with E-state index in [2.05, 4.69) is 5.32 Å². The molecule has 4 aromatic rings.